The zero-order chi connectivity index (χ0) is 8.41. The molecule has 0 amide bonds. The average Bonchev–Trinajstić information content (AvgIpc) is 2.03. The molecular weight excluding hydrogens is 136 g/mol. The fourth-order valence-electron chi connectivity index (χ4n) is 0.112. The molecule has 0 rings (SSSR count). The zero-order valence-corrected chi connectivity index (χ0v) is 6.08. The minimum Gasteiger partial charge on any atom is -0.394 e. The number of ketones is 1. The summed E-state index contributed by atoms with van der Waals surface area (Å²) in [6.07, 6.45) is 0.441. The van der Waals surface area contributed by atoms with Gasteiger partial charge in [-0.1, -0.05) is 6.92 Å². The van der Waals surface area contributed by atoms with E-state index in [2.05, 4.69) is 0 Å². The van der Waals surface area contributed by atoms with E-state index in [0.717, 1.165) is 0 Å². The molecule has 0 spiro atoms. The molecule has 0 aliphatic rings. The first-order chi connectivity index (χ1) is 4.72. The van der Waals surface area contributed by atoms with Gasteiger partial charge in [0, 0.05) is 6.42 Å². The highest BCUT2D eigenvalue weighted by Gasteiger charge is 1.88. The second-order valence-electron chi connectivity index (χ2n) is 1.50. The summed E-state index contributed by atoms with van der Waals surface area (Å²) in [6, 6.07) is 0. The Kier molecular flexibility index (Phi) is 13.9. The number of carbonyl (C=O) groups is 1. The van der Waals surface area contributed by atoms with Crippen molar-refractivity contribution in [2.45, 2.75) is 13.3 Å². The van der Waals surface area contributed by atoms with E-state index >= 15 is 0 Å². The number of hydrogen-bond donors (Lipinski definition) is 3. The van der Waals surface area contributed by atoms with Gasteiger partial charge in [0.05, 0.1) is 13.2 Å². The minimum absolute atomic E-state index is 0.102. The Labute approximate surface area is 60.1 Å². The van der Waals surface area contributed by atoms with Gasteiger partial charge in [-0.15, -0.1) is 0 Å². The summed E-state index contributed by atoms with van der Waals surface area (Å²) in [7, 11) is 0. The van der Waals surface area contributed by atoms with Crippen LogP contribution >= 0.6 is 0 Å². The van der Waals surface area contributed by atoms with Crippen molar-refractivity contribution in [3.05, 3.63) is 0 Å². The highest BCUT2D eigenvalue weighted by Crippen LogP contribution is 1.73. The summed E-state index contributed by atoms with van der Waals surface area (Å²) in [4.78, 5) is 9.93. The van der Waals surface area contributed by atoms with Crippen molar-refractivity contribution in [3.8, 4) is 0 Å². The summed E-state index contributed by atoms with van der Waals surface area (Å²) in [5, 5.41) is 23.2. The molecule has 0 radical (unpaired) electrons. The highest BCUT2D eigenvalue weighted by molar-refractivity contribution is 5.78. The van der Waals surface area contributed by atoms with Crippen LogP contribution in [-0.2, 0) is 4.79 Å². The van der Waals surface area contributed by atoms with Gasteiger partial charge in [0.25, 0.3) is 0 Å². The van der Waals surface area contributed by atoms with Crippen molar-refractivity contribution in [1.82, 2.24) is 0 Å². The summed E-state index contributed by atoms with van der Waals surface area (Å²) in [5.41, 5.74) is 0. The SMILES string of the molecule is CCC(=O)CO.OCCO. The molecule has 0 aliphatic carbocycles. The Morgan fingerprint density at radius 1 is 1.20 bits per heavy atom. The van der Waals surface area contributed by atoms with Gasteiger partial charge in [-0.25, -0.2) is 0 Å². The quantitative estimate of drug-likeness (QED) is 0.478. The summed E-state index contributed by atoms with van der Waals surface area (Å²) in [5.74, 6) is -0.102. The van der Waals surface area contributed by atoms with E-state index < -0.39 is 0 Å². The molecule has 0 bridgehead atoms. The van der Waals surface area contributed by atoms with Crippen molar-refractivity contribution in [1.29, 1.82) is 0 Å². The Bertz CT molecular complexity index is 64.1. The maximum atomic E-state index is 9.93. The van der Waals surface area contributed by atoms with E-state index in [9.17, 15) is 4.79 Å². The summed E-state index contributed by atoms with van der Waals surface area (Å²) >= 11 is 0. The van der Waals surface area contributed by atoms with Gasteiger partial charge < -0.3 is 15.3 Å². The molecule has 4 nitrogen and oxygen atoms in total. The third-order valence-electron chi connectivity index (χ3n) is 0.671. The Balaban J connectivity index is 0. The van der Waals surface area contributed by atoms with E-state index in [0.29, 0.717) is 6.42 Å². The number of aliphatic hydroxyl groups is 3. The van der Waals surface area contributed by atoms with Crippen LogP contribution in [0.25, 0.3) is 0 Å². The van der Waals surface area contributed by atoms with E-state index in [4.69, 9.17) is 15.3 Å². The second kappa shape index (κ2) is 11.4. The molecule has 62 valence electrons. The summed E-state index contributed by atoms with van der Waals surface area (Å²) in [6.45, 7) is 1.16. The van der Waals surface area contributed by atoms with Crippen LogP contribution < -0.4 is 0 Å². The number of hydrogen-bond acceptors (Lipinski definition) is 4. The molecule has 10 heavy (non-hydrogen) atoms. The number of aliphatic hydroxyl groups excluding tert-OH is 3. The number of Topliss-reactive ketones (excluding diaryl/α,β-unsaturated/α-hetero) is 1. The fraction of sp³-hybridized carbons (Fsp3) is 0.833. The van der Waals surface area contributed by atoms with Gasteiger partial charge in [-0.3, -0.25) is 4.79 Å². The first-order valence-electron chi connectivity index (χ1n) is 3.07. The Morgan fingerprint density at radius 2 is 1.60 bits per heavy atom. The first-order valence-corrected chi connectivity index (χ1v) is 3.07. The van der Waals surface area contributed by atoms with E-state index in [1.165, 1.54) is 0 Å². The molecule has 0 aromatic heterocycles. The van der Waals surface area contributed by atoms with Crippen LogP contribution in [0.4, 0.5) is 0 Å². The number of carbonyl (C=O) groups excluding carboxylic acids is 1. The van der Waals surface area contributed by atoms with Crippen LogP contribution in [0.5, 0.6) is 0 Å². The molecule has 0 atom stereocenters. The normalized spacial score (nSPS) is 8.00. The van der Waals surface area contributed by atoms with Gasteiger partial charge in [0.15, 0.2) is 5.78 Å². The molecule has 0 aromatic rings. The van der Waals surface area contributed by atoms with Crippen LogP contribution in [0, 0.1) is 0 Å². The zero-order valence-electron chi connectivity index (χ0n) is 6.08. The van der Waals surface area contributed by atoms with Crippen LogP contribution in [0.2, 0.25) is 0 Å². The molecule has 0 aliphatic heterocycles. The molecule has 0 fully saturated rings. The standard InChI is InChI=1S/C4H8O2.C2H6O2/c1-2-4(6)3-5;3-1-2-4/h5H,2-3H2,1H3;3-4H,1-2H2. The van der Waals surface area contributed by atoms with Crippen LogP contribution in [0.3, 0.4) is 0 Å². The lowest BCUT2D eigenvalue weighted by Crippen LogP contribution is -1.99. The Morgan fingerprint density at radius 3 is 1.60 bits per heavy atom. The van der Waals surface area contributed by atoms with Crippen molar-refractivity contribution in [2.75, 3.05) is 19.8 Å². The van der Waals surface area contributed by atoms with Gasteiger partial charge in [0.2, 0.25) is 0 Å². The third-order valence-corrected chi connectivity index (χ3v) is 0.671. The molecule has 0 saturated carbocycles. The van der Waals surface area contributed by atoms with Gasteiger partial charge in [-0.2, -0.15) is 0 Å². The monoisotopic (exact) mass is 150 g/mol. The lowest BCUT2D eigenvalue weighted by molar-refractivity contribution is -0.121. The number of rotatable bonds is 3. The predicted octanol–water partition coefficient (Wildman–Crippen LogP) is -1.07. The van der Waals surface area contributed by atoms with Crippen LogP contribution in [-0.4, -0.2) is 40.9 Å². The van der Waals surface area contributed by atoms with Crippen molar-refractivity contribution >= 4 is 5.78 Å². The molecule has 0 heterocycles. The molecule has 0 unspecified atom stereocenters. The Hall–Kier alpha value is -0.450. The largest absolute Gasteiger partial charge is 0.394 e. The van der Waals surface area contributed by atoms with Crippen molar-refractivity contribution in [3.63, 3.8) is 0 Å². The lowest BCUT2D eigenvalue weighted by Gasteiger charge is -1.81. The van der Waals surface area contributed by atoms with Gasteiger partial charge >= 0.3 is 0 Å². The average molecular weight is 150 g/mol. The van der Waals surface area contributed by atoms with Crippen LogP contribution in [0.15, 0.2) is 0 Å². The molecule has 0 saturated heterocycles. The topological polar surface area (TPSA) is 77.8 Å². The second-order valence-corrected chi connectivity index (χ2v) is 1.50. The fourth-order valence-corrected chi connectivity index (χ4v) is 0.112. The third kappa shape index (κ3) is 15.6. The molecule has 0 aromatic carbocycles. The van der Waals surface area contributed by atoms with Gasteiger partial charge in [0.1, 0.15) is 6.61 Å². The van der Waals surface area contributed by atoms with E-state index in [1.807, 2.05) is 0 Å². The van der Waals surface area contributed by atoms with Crippen LogP contribution in [0.1, 0.15) is 13.3 Å². The van der Waals surface area contributed by atoms with Gasteiger partial charge in [-0.05, 0) is 0 Å². The first kappa shape index (κ1) is 12.2. The van der Waals surface area contributed by atoms with Crippen molar-refractivity contribution in [2.24, 2.45) is 0 Å². The van der Waals surface area contributed by atoms with E-state index in [1.54, 1.807) is 6.92 Å². The smallest absolute Gasteiger partial charge is 0.157 e. The van der Waals surface area contributed by atoms with Crippen molar-refractivity contribution < 1.29 is 20.1 Å². The minimum atomic E-state index is -0.309. The highest BCUT2D eigenvalue weighted by atomic mass is 16.3. The lowest BCUT2D eigenvalue weighted by atomic mass is 10.3. The maximum Gasteiger partial charge on any atom is 0.157 e. The molecule has 3 N–H and O–H groups in total. The summed E-state index contributed by atoms with van der Waals surface area (Å²) < 4.78 is 0. The predicted molar refractivity (Wildman–Crippen MR) is 36.6 cm³/mol. The molecular formula is C6H14O4. The maximum absolute atomic E-state index is 9.93. The molecule has 4 heteroatoms. The van der Waals surface area contributed by atoms with E-state index in [-0.39, 0.29) is 25.6 Å².